The number of esters is 1. The summed E-state index contributed by atoms with van der Waals surface area (Å²) in [6, 6.07) is 5.70. The maximum absolute atomic E-state index is 11.7. The van der Waals surface area contributed by atoms with Gasteiger partial charge < -0.3 is 10.5 Å². The lowest BCUT2D eigenvalue weighted by molar-refractivity contribution is -0.152. The van der Waals surface area contributed by atoms with Gasteiger partial charge in [-0.2, -0.15) is 0 Å². The molecule has 3 nitrogen and oxygen atoms in total. The van der Waals surface area contributed by atoms with Crippen molar-refractivity contribution in [2.24, 2.45) is 11.1 Å². The summed E-state index contributed by atoms with van der Waals surface area (Å²) < 4.78 is 4.80. The average Bonchev–Trinajstić information content (AvgIpc) is 2.27. The molecule has 0 bridgehead atoms. The molecule has 0 spiro atoms. The molecule has 0 fully saturated rings. The highest BCUT2D eigenvalue weighted by Crippen LogP contribution is 2.34. The second-order valence-corrected chi connectivity index (χ2v) is 5.05. The van der Waals surface area contributed by atoms with Crippen LogP contribution in [0.1, 0.15) is 36.6 Å². The van der Waals surface area contributed by atoms with Crippen molar-refractivity contribution in [2.45, 2.75) is 33.7 Å². The number of benzene rings is 1. The Labute approximate surface area is 103 Å². The third-order valence-electron chi connectivity index (χ3n) is 3.25. The first-order valence-corrected chi connectivity index (χ1v) is 5.72. The molecule has 0 aliphatic heterocycles. The first-order valence-electron chi connectivity index (χ1n) is 5.72. The molecule has 0 aromatic heterocycles. The van der Waals surface area contributed by atoms with Gasteiger partial charge in [-0.3, -0.25) is 4.79 Å². The summed E-state index contributed by atoms with van der Waals surface area (Å²) in [6.45, 7) is 7.66. The van der Waals surface area contributed by atoms with E-state index in [9.17, 15) is 4.79 Å². The first kappa shape index (κ1) is 13.7. The van der Waals surface area contributed by atoms with Crippen LogP contribution in [0.15, 0.2) is 18.2 Å². The molecular weight excluding hydrogens is 214 g/mol. The van der Waals surface area contributed by atoms with Crippen molar-refractivity contribution in [2.75, 3.05) is 7.11 Å². The van der Waals surface area contributed by atoms with E-state index in [0.717, 1.165) is 11.1 Å². The van der Waals surface area contributed by atoms with Gasteiger partial charge in [0.15, 0.2) is 0 Å². The van der Waals surface area contributed by atoms with Crippen molar-refractivity contribution >= 4 is 5.97 Å². The van der Waals surface area contributed by atoms with Gasteiger partial charge in [0.25, 0.3) is 0 Å². The van der Waals surface area contributed by atoms with E-state index in [2.05, 4.69) is 6.07 Å². The Morgan fingerprint density at radius 3 is 2.41 bits per heavy atom. The third kappa shape index (κ3) is 2.67. The minimum Gasteiger partial charge on any atom is -0.469 e. The monoisotopic (exact) mass is 235 g/mol. The number of aryl methyl sites for hydroxylation is 2. The summed E-state index contributed by atoms with van der Waals surface area (Å²) in [5.41, 5.74) is 8.76. The van der Waals surface area contributed by atoms with Crippen LogP contribution in [-0.2, 0) is 9.53 Å². The van der Waals surface area contributed by atoms with Crippen LogP contribution in [0.4, 0.5) is 0 Å². The van der Waals surface area contributed by atoms with Gasteiger partial charge in [0.2, 0.25) is 0 Å². The molecule has 94 valence electrons. The van der Waals surface area contributed by atoms with E-state index in [0.29, 0.717) is 0 Å². The van der Waals surface area contributed by atoms with E-state index in [4.69, 9.17) is 10.5 Å². The molecule has 0 heterocycles. The summed E-state index contributed by atoms with van der Waals surface area (Å²) in [6.07, 6.45) is 0. The lowest BCUT2D eigenvalue weighted by atomic mass is 9.79. The zero-order valence-corrected chi connectivity index (χ0v) is 11.2. The Hall–Kier alpha value is -1.35. The van der Waals surface area contributed by atoms with Crippen molar-refractivity contribution < 1.29 is 9.53 Å². The van der Waals surface area contributed by atoms with Crippen LogP contribution in [0.5, 0.6) is 0 Å². The maximum Gasteiger partial charge on any atom is 0.313 e. The van der Waals surface area contributed by atoms with E-state index in [1.807, 2.05) is 39.8 Å². The number of ether oxygens (including phenoxy) is 1. The number of nitrogens with two attached hydrogens (primary N) is 1. The number of carbonyl (C=O) groups is 1. The highest BCUT2D eigenvalue weighted by atomic mass is 16.5. The SMILES string of the molecule is COC(=O)C(C)(C)C(N)c1ccc(C)cc1C. The minimum atomic E-state index is -0.727. The molecular formula is C14H21NO2. The van der Waals surface area contributed by atoms with Crippen LogP contribution < -0.4 is 5.73 Å². The number of rotatable bonds is 3. The van der Waals surface area contributed by atoms with Crippen LogP contribution in [0.25, 0.3) is 0 Å². The van der Waals surface area contributed by atoms with Crippen molar-refractivity contribution in [3.63, 3.8) is 0 Å². The van der Waals surface area contributed by atoms with E-state index < -0.39 is 5.41 Å². The fraction of sp³-hybridized carbons (Fsp3) is 0.500. The van der Waals surface area contributed by atoms with Crippen LogP contribution in [0.2, 0.25) is 0 Å². The maximum atomic E-state index is 11.7. The molecule has 3 heteroatoms. The van der Waals surface area contributed by atoms with Gasteiger partial charge in [0, 0.05) is 6.04 Å². The van der Waals surface area contributed by atoms with E-state index >= 15 is 0 Å². The molecule has 1 aromatic rings. The number of carbonyl (C=O) groups excluding carboxylic acids is 1. The van der Waals surface area contributed by atoms with Crippen molar-refractivity contribution in [3.05, 3.63) is 34.9 Å². The zero-order chi connectivity index (χ0) is 13.2. The normalized spacial score (nSPS) is 13.3. The van der Waals surface area contributed by atoms with Gasteiger partial charge in [-0.25, -0.2) is 0 Å². The fourth-order valence-electron chi connectivity index (χ4n) is 1.95. The highest BCUT2D eigenvalue weighted by Gasteiger charge is 2.37. The fourth-order valence-corrected chi connectivity index (χ4v) is 1.95. The average molecular weight is 235 g/mol. The van der Waals surface area contributed by atoms with Gasteiger partial charge in [0.1, 0.15) is 0 Å². The van der Waals surface area contributed by atoms with Gasteiger partial charge >= 0.3 is 5.97 Å². The Morgan fingerprint density at radius 1 is 1.35 bits per heavy atom. The van der Waals surface area contributed by atoms with Crippen LogP contribution in [-0.4, -0.2) is 13.1 Å². The topological polar surface area (TPSA) is 52.3 Å². The quantitative estimate of drug-likeness (QED) is 0.819. The lowest BCUT2D eigenvalue weighted by Crippen LogP contribution is -2.37. The Bertz CT molecular complexity index is 424. The van der Waals surface area contributed by atoms with Gasteiger partial charge in [0.05, 0.1) is 12.5 Å². The van der Waals surface area contributed by atoms with E-state index in [1.165, 1.54) is 12.7 Å². The first-order chi connectivity index (χ1) is 7.80. The molecule has 0 aliphatic rings. The zero-order valence-electron chi connectivity index (χ0n) is 11.2. The minimum absolute atomic E-state index is 0.287. The van der Waals surface area contributed by atoms with Crippen molar-refractivity contribution in [1.29, 1.82) is 0 Å². The van der Waals surface area contributed by atoms with Crippen molar-refractivity contribution in [3.8, 4) is 0 Å². The molecule has 0 saturated heterocycles. The predicted octanol–water partition coefficient (Wildman–Crippen LogP) is 2.50. The molecule has 1 aromatic carbocycles. The predicted molar refractivity (Wildman–Crippen MR) is 68.6 cm³/mol. The Morgan fingerprint density at radius 2 is 1.94 bits per heavy atom. The summed E-state index contributed by atoms with van der Waals surface area (Å²) in [5.74, 6) is -0.287. The second kappa shape index (κ2) is 4.88. The molecule has 0 saturated carbocycles. The van der Waals surface area contributed by atoms with Gasteiger partial charge in [-0.15, -0.1) is 0 Å². The number of hydrogen-bond acceptors (Lipinski definition) is 3. The Balaban J connectivity index is 3.11. The summed E-state index contributed by atoms with van der Waals surface area (Å²) >= 11 is 0. The Kier molecular flexibility index (Phi) is 3.94. The molecule has 17 heavy (non-hydrogen) atoms. The summed E-state index contributed by atoms with van der Waals surface area (Å²) in [7, 11) is 1.39. The van der Waals surface area contributed by atoms with Crippen molar-refractivity contribution in [1.82, 2.24) is 0 Å². The highest BCUT2D eigenvalue weighted by molar-refractivity contribution is 5.77. The van der Waals surface area contributed by atoms with Crippen LogP contribution >= 0.6 is 0 Å². The van der Waals surface area contributed by atoms with Crippen LogP contribution in [0.3, 0.4) is 0 Å². The molecule has 1 unspecified atom stereocenters. The summed E-state index contributed by atoms with van der Waals surface area (Å²) in [5, 5.41) is 0. The largest absolute Gasteiger partial charge is 0.469 e. The molecule has 0 radical (unpaired) electrons. The standard InChI is InChI=1S/C14H21NO2/c1-9-6-7-11(10(2)8-9)12(15)14(3,4)13(16)17-5/h6-8,12H,15H2,1-5H3. The number of hydrogen-bond donors (Lipinski definition) is 1. The summed E-state index contributed by atoms with van der Waals surface area (Å²) in [4.78, 5) is 11.7. The molecule has 1 rings (SSSR count). The number of methoxy groups -OCH3 is 1. The van der Waals surface area contributed by atoms with Gasteiger partial charge in [-0.05, 0) is 38.8 Å². The molecule has 2 N–H and O–H groups in total. The van der Waals surface area contributed by atoms with E-state index in [1.54, 1.807) is 0 Å². The molecule has 0 aliphatic carbocycles. The molecule has 0 amide bonds. The second-order valence-electron chi connectivity index (χ2n) is 5.05. The lowest BCUT2D eigenvalue weighted by Gasteiger charge is -2.30. The molecule has 1 atom stereocenters. The van der Waals surface area contributed by atoms with Crippen LogP contribution in [0, 0.1) is 19.3 Å². The van der Waals surface area contributed by atoms with E-state index in [-0.39, 0.29) is 12.0 Å². The third-order valence-corrected chi connectivity index (χ3v) is 3.25. The van der Waals surface area contributed by atoms with Gasteiger partial charge in [-0.1, -0.05) is 23.8 Å². The smallest absolute Gasteiger partial charge is 0.313 e.